The summed E-state index contributed by atoms with van der Waals surface area (Å²) in [6.07, 6.45) is 0.401. The highest BCUT2D eigenvalue weighted by molar-refractivity contribution is 9.10. The van der Waals surface area contributed by atoms with Gasteiger partial charge in [0.15, 0.2) is 0 Å². The molecule has 0 aliphatic rings. The van der Waals surface area contributed by atoms with E-state index in [1.165, 1.54) is 0 Å². The Morgan fingerprint density at radius 3 is 2.57 bits per heavy atom. The number of rotatable bonds is 5. The van der Waals surface area contributed by atoms with Gasteiger partial charge >= 0.3 is 0 Å². The first-order valence-corrected chi connectivity index (χ1v) is 7.77. The maximum Gasteiger partial charge on any atom is 0.226 e. The molecule has 0 spiro atoms. The van der Waals surface area contributed by atoms with Crippen LogP contribution in [0.3, 0.4) is 0 Å². The number of carbonyl (C=O) groups excluding carboxylic acids is 1. The lowest BCUT2D eigenvalue weighted by atomic mass is 10.2. The lowest BCUT2D eigenvalue weighted by Crippen LogP contribution is -2.16. The van der Waals surface area contributed by atoms with E-state index in [1.807, 2.05) is 43.3 Å². The van der Waals surface area contributed by atoms with Gasteiger partial charge in [0, 0.05) is 33.8 Å². The number of halogens is 2. The van der Waals surface area contributed by atoms with Gasteiger partial charge in [-0.3, -0.25) is 4.79 Å². The van der Waals surface area contributed by atoms with Crippen molar-refractivity contribution in [2.24, 2.45) is 0 Å². The van der Waals surface area contributed by atoms with Crippen LogP contribution >= 0.6 is 27.5 Å². The molecule has 0 radical (unpaired) electrons. The first kappa shape index (κ1) is 15.9. The van der Waals surface area contributed by atoms with E-state index in [9.17, 15) is 4.79 Å². The van der Waals surface area contributed by atoms with Gasteiger partial charge in [0.25, 0.3) is 0 Å². The van der Waals surface area contributed by atoms with Crippen molar-refractivity contribution in [1.82, 2.24) is 0 Å². The summed E-state index contributed by atoms with van der Waals surface area (Å²) in [4.78, 5) is 11.9. The van der Waals surface area contributed by atoms with Crippen LogP contribution in [0.4, 0.5) is 11.4 Å². The van der Waals surface area contributed by atoms with Crippen molar-refractivity contribution in [2.45, 2.75) is 13.3 Å². The Balaban J connectivity index is 1.81. The lowest BCUT2D eigenvalue weighted by Gasteiger charge is -2.10. The molecule has 3 nitrogen and oxygen atoms in total. The van der Waals surface area contributed by atoms with E-state index < -0.39 is 0 Å². The number of hydrogen-bond acceptors (Lipinski definition) is 2. The average molecular weight is 368 g/mol. The molecular formula is C16H16BrClN2O. The van der Waals surface area contributed by atoms with Crippen LogP contribution < -0.4 is 10.6 Å². The zero-order chi connectivity index (χ0) is 15.2. The minimum atomic E-state index is -0.0231. The molecule has 110 valence electrons. The standard InChI is InChI=1S/C16H16BrClN2O/c1-11-10-13(18)4-7-15(11)20-16(21)8-9-19-14-5-2-12(17)3-6-14/h2-7,10,19H,8-9H2,1H3,(H,20,21). The summed E-state index contributed by atoms with van der Waals surface area (Å²) in [7, 11) is 0. The molecule has 0 aliphatic carbocycles. The smallest absolute Gasteiger partial charge is 0.226 e. The van der Waals surface area contributed by atoms with Gasteiger partial charge in [-0.1, -0.05) is 27.5 Å². The van der Waals surface area contributed by atoms with Crippen LogP contribution in [0.15, 0.2) is 46.9 Å². The number of benzene rings is 2. The Morgan fingerprint density at radius 1 is 1.19 bits per heavy atom. The minimum absolute atomic E-state index is 0.0231. The third-order valence-electron chi connectivity index (χ3n) is 2.99. The molecule has 2 N–H and O–H groups in total. The maximum atomic E-state index is 11.9. The predicted molar refractivity (Wildman–Crippen MR) is 92.1 cm³/mol. The first-order chi connectivity index (χ1) is 10.0. The van der Waals surface area contributed by atoms with Crippen molar-refractivity contribution >= 4 is 44.8 Å². The fraction of sp³-hybridized carbons (Fsp3) is 0.188. The van der Waals surface area contributed by atoms with Gasteiger partial charge in [0.2, 0.25) is 5.91 Å². The second-order valence-electron chi connectivity index (χ2n) is 4.69. The van der Waals surface area contributed by atoms with Crippen LogP contribution in [-0.2, 0) is 4.79 Å². The van der Waals surface area contributed by atoms with Crippen molar-refractivity contribution in [3.05, 3.63) is 57.5 Å². The number of amides is 1. The molecule has 0 heterocycles. The van der Waals surface area contributed by atoms with Crippen molar-refractivity contribution in [1.29, 1.82) is 0 Å². The Bertz CT molecular complexity index is 629. The van der Waals surface area contributed by atoms with Crippen LogP contribution in [-0.4, -0.2) is 12.5 Å². The average Bonchev–Trinajstić information content (AvgIpc) is 2.44. The third kappa shape index (κ3) is 5.06. The summed E-state index contributed by atoms with van der Waals surface area (Å²) in [5.74, 6) is -0.0231. The molecule has 0 aliphatic heterocycles. The van der Waals surface area contributed by atoms with Gasteiger partial charge in [-0.15, -0.1) is 0 Å². The molecule has 2 rings (SSSR count). The number of aryl methyl sites for hydroxylation is 1. The summed E-state index contributed by atoms with van der Waals surface area (Å²) >= 11 is 9.27. The molecule has 0 atom stereocenters. The first-order valence-electron chi connectivity index (χ1n) is 6.60. The summed E-state index contributed by atoms with van der Waals surface area (Å²) in [6.45, 7) is 2.50. The van der Waals surface area contributed by atoms with Crippen molar-refractivity contribution in [3.8, 4) is 0 Å². The summed E-state index contributed by atoms with van der Waals surface area (Å²) < 4.78 is 1.03. The molecule has 2 aromatic rings. The van der Waals surface area contributed by atoms with E-state index >= 15 is 0 Å². The van der Waals surface area contributed by atoms with E-state index in [-0.39, 0.29) is 5.91 Å². The molecular weight excluding hydrogens is 352 g/mol. The molecule has 21 heavy (non-hydrogen) atoms. The van der Waals surface area contributed by atoms with Crippen molar-refractivity contribution in [3.63, 3.8) is 0 Å². The van der Waals surface area contributed by atoms with Gasteiger partial charge in [-0.2, -0.15) is 0 Å². The highest BCUT2D eigenvalue weighted by atomic mass is 79.9. The van der Waals surface area contributed by atoms with E-state index in [1.54, 1.807) is 6.07 Å². The molecule has 5 heteroatoms. The molecule has 0 saturated heterocycles. The maximum absolute atomic E-state index is 11.9. The third-order valence-corrected chi connectivity index (χ3v) is 3.75. The molecule has 0 aromatic heterocycles. The van der Waals surface area contributed by atoms with E-state index in [2.05, 4.69) is 26.6 Å². The monoisotopic (exact) mass is 366 g/mol. The SMILES string of the molecule is Cc1cc(Cl)ccc1NC(=O)CCNc1ccc(Br)cc1. The van der Waals surface area contributed by atoms with E-state index in [0.717, 1.165) is 21.4 Å². The predicted octanol–water partition coefficient (Wildman–Crippen LogP) is 4.85. The highest BCUT2D eigenvalue weighted by Crippen LogP contribution is 2.19. The molecule has 0 bridgehead atoms. The van der Waals surface area contributed by atoms with Crippen LogP contribution in [0.2, 0.25) is 5.02 Å². The number of anilines is 2. The molecule has 0 fully saturated rings. The minimum Gasteiger partial charge on any atom is -0.385 e. The number of hydrogen-bond donors (Lipinski definition) is 2. The van der Waals surface area contributed by atoms with Crippen molar-refractivity contribution in [2.75, 3.05) is 17.2 Å². The summed E-state index contributed by atoms with van der Waals surface area (Å²) in [5.41, 5.74) is 2.75. The Kier molecular flexibility index (Phi) is 5.65. The van der Waals surface area contributed by atoms with Gasteiger partial charge in [-0.05, 0) is 55.0 Å². The zero-order valence-electron chi connectivity index (χ0n) is 11.6. The van der Waals surface area contributed by atoms with Crippen LogP contribution in [0.1, 0.15) is 12.0 Å². The summed E-state index contributed by atoms with van der Waals surface area (Å²) in [6, 6.07) is 13.3. The van der Waals surface area contributed by atoms with Crippen molar-refractivity contribution < 1.29 is 4.79 Å². The topological polar surface area (TPSA) is 41.1 Å². The van der Waals surface area contributed by atoms with E-state index in [4.69, 9.17) is 11.6 Å². The van der Waals surface area contributed by atoms with Gasteiger partial charge in [0.1, 0.15) is 0 Å². The van der Waals surface area contributed by atoms with Crippen LogP contribution in [0.25, 0.3) is 0 Å². The van der Waals surface area contributed by atoms with Crippen LogP contribution in [0, 0.1) is 6.92 Å². The normalized spacial score (nSPS) is 10.2. The van der Waals surface area contributed by atoms with Gasteiger partial charge < -0.3 is 10.6 Å². The second-order valence-corrected chi connectivity index (χ2v) is 6.04. The van der Waals surface area contributed by atoms with Gasteiger partial charge in [0.05, 0.1) is 0 Å². The Hall–Kier alpha value is -1.52. The zero-order valence-corrected chi connectivity index (χ0v) is 14.0. The molecule has 0 unspecified atom stereocenters. The Labute approximate surface area is 137 Å². The fourth-order valence-corrected chi connectivity index (χ4v) is 2.36. The molecule has 2 aromatic carbocycles. The van der Waals surface area contributed by atoms with E-state index in [0.29, 0.717) is 18.0 Å². The van der Waals surface area contributed by atoms with Crippen LogP contribution in [0.5, 0.6) is 0 Å². The summed E-state index contributed by atoms with van der Waals surface area (Å²) in [5, 5.41) is 6.77. The molecule has 0 saturated carbocycles. The number of nitrogens with one attached hydrogen (secondary N) is 2. The largest absolute Gasteiger partial charge is 0.385 e. The molecule has 1 amide bonds. The quantitative estimate of drug-likeness (QED) is 0.793. The Morgan fingerprint density at radius 2 is 1.90 bits per heavy atom. The fourth-order valence-electron chi connectivity index (χ4n) is 1.87. The lowest BCUT2D eigenvalue weighted by molar-refractivity contribution is -0.115. The highest BCUT2D eigenvalue weighted by Gasteiger charge is 2.05. The number of carbonyl (C=O) groups is 1. The second kappa shape index (κ2) is 7.48. The van der Waals surface area contributed by atoms with Gasteiger partial charge in [-0.25, -0.2) is 0 Å².